The molecule has 1 aliphatic heterocycles. The molecule has 1 aliphatic rings. The van der Waals surface area contributed by atoms with Crippen LogP contribution in [0.4, 0.5) is 0 Å². The van der Waals surface area contributed by atoms with Gasteiger partial charge in [-0.1, -0.05) is 0 Å². The quantitative estimate of drug-likeness (QED) is 0.387. The maximum atomic E-state index is 12.9. The molecule has 0 atom stereocenters. The second kappa shape index (κ2) is 9.96. The summed E-state index contributed by atoms with van der Waals surface area (Å²) in [5, 5.41) is 0. The Hall–Kier alpha value is -3.96. The highest BCUT2D eigenvalue weighted by Gasteiger charge is 2.15. The molecule has 3 aromatic heterocycles. The van der Waals surface area contributed by atoms with Crippen LogP contribution in [0, 0.1) is 6.92 Å². The molecule has 0 saturated heterocycles. The zero-order valence-corrected chi connectivity index (χ0v) is 20.7. The van der Waals surface area contributed by atoms with Crippen LogP contribution in [0.1, 0.15) is 42.4 Å². The van der Waals surface area contributed by atoms with Crippen LogP contribution in [0.2, 0.25) is 0 Å². The van der Waals surface area contributed by atoms with Gasteiger partial charge in [0.15, 0.2) is 0 Å². The highest BCUT2D eigenvalue weighted by molar-refractivity contribution is 5.19. The maximum Gasteiger partial charge on any atom is 0.330 e. The monoisotopic (exact) mass is 498 g/mol. The predicted octanol–water partition coefficient (Wildman–Crippen LogP) is -1.10. The molecular weight excluding hydrogens is 468 g/mol. The topological polar surface area (TPSA) is 132 Å². The van der Waals surface area contributed by atoms with Crippen LogP contribution in [0.3, 0.4) is 0 Å². The number of aromatic nitrogens is 6. The van der Waals surface area contributed by atoms with Crippen LogP contribution in [-0.2, 0) is 46.7 Å². The molecule has 192 valence electrons. The summed E-state index contributed by atoms with van der Waals surface area (Å²) < 4.78 is 7.57. The van der Waals surface area contributed by atoms with Gasteiger partial charge in [-0.3, -0.25) is 28.1 Å². The van der Waals surface area contributed by atoms with E-state index < -0.39 is 28.2 Å². The van der Waals surface area contributed by atoms with Crippen molar-refractivity contribution in [2.45, 2.75) is 65.2 Å². The highest BCUT2D eigenvalue weighted by Crippen LogP contribution is 2.04. The largest absolute Gasteiger partial charge is 0.330 e. The Balaban J connectivity index is 1.82. The lowest BCUT2D eigenvalue weighted by atomic mass is 10.1. The number of aryl methyl sites for hydroxylation is 4. The fourth-order valence-electron chi connectivity index (χ4n) is 4.63. The lowest BCUT2D eigenvalue weighted by molar-refractivity contribution is 0.469. The van der Waals surface area contributed by atoms with Gasteiger partial charge in [0, 0.05) is 82.0 Å². The third-order valence-electron chi connectivity index (χ3n) is 6.72. The first kappa shape index (κ1) is 25.1. The normalized spacial score (nSPS) is 14.8. The van der Waals surface area contributed by atoms with E-state index in [9.17, 15) is 28.8 Å². The van der Waals surface area contributed by atoms with Crippen LogP contribution >= 0.6 is 0 Å². The molecule has 0 radical (unpaired) electrons. The van der Waals surface area contributed by atoms with Crippen molar-refractivity contribution in [3.05, 3.63) is 97.8 Å². The van der Waals surface area contributed by atoms with Crippen LogP contribution in [0.15, 0.2) is 47.4 Å². The van der Waals surface area contributed by atoms with Crippen molar-refractivity contribution in [2.24, 2.45) is 14.1 Å². The molecule has 12 heteroatoms. The molecule has 3 aromatic rings. The molecule has 12 nitrogen and oxygen atoms in total. The van der Waals surface area contributed by atoms with Gasteiger partial charge in [-0.15, -0.1) is 0 Å². The Bertz CT molecular complexity index is 1680. The first-order chi connectivity index (χ1) is 17.1. The van der Waals surface area contributed by atoms with E-state index in [1.54, 1.807) is 13.1 Å². The molecule has 0 aliphatic carbocycles. The Labute approximate surface area is 204 Å². The second-order valence-electron chi connectivity index (χ2n) is 9.32. The standard InChI is InChI=1S/C24H30N6O6/c1-16-13-27-8-4-5-9-28-14-17(20(32)25(2)22(28)34)12-18-15-29(23(35)26(3)21(18)33)10-6-7-11-30(19(16)31)24(27)36/h13-15H,4-12H2,1-3H3. The van der Waals surface area contributed by atoms with Crippen molar-refractivity contribution in [1.29, 1.82) is 0 Å². The Morgan fingerprint density at radius 3 is 1.44 bits per heavy atom. The van der Waals surface area contributed by atoms with Gasteiger partial charge in [0.2, 0.25) is 0 Å². The summed E-state index contributed by atoms with van der Waals surface area (Å²) >= 11 is 0. The smallest absolute Gasteiger partial charge is 0.300 e. The number of fused-ring (bicyclic) bond motifs is 6. The third kappa shape index (κ3) is 4.62. The van der Waals surface area contributed by atoms with E-state index in [2.05, 4.69) is 0 Å². The first-order valence-corrected chi connectivity index (χ1v) is 12.0. The van der Waals surface area contributed by atoms with Gasteiger partial charge in [0.05, 0.1) is 0 Å². The number of hydrogen-bond acceptors (Lipinski definition) is 6. The van der Waals surface area contributed by atoms with Crippen molar-refractivity contribution in [3.8, 4) is 0 Å². The zero-order valence-electron chi connectivity index (χ0n) is 20.7. The van der Waals surface area contributed by atoms with Crippen molar-refractivity contribution in [2.75, 3.05) is 0 Å². The molecular formula is C24H30N6O6. The van der Waals surface area contributed by atoms with Gasteiger partial charge < -0.3 is 13.7 Å². The molecule has 0 aromatic carbocycles. The van der Waals surface area contributed by atoms with E-state index in [1.807, 2.05) is 0 Å². The summed E-state index contributed by atoms with van der Waals surface area (Å²) in [7, 11) is 2.77. The fourth-order valence-corrected chi connectivity index (χ4v) is 4.63. The molecule has 6 bridgehead atoms. The minimum atomic E-state index is -0.502. The Kier molecular flexibility index (Phi) is 6.95. The van der Waals surface area contributed by atoms with Gasteiger partial charge in [-0.2, -0.15) is 0 Å². The van der Waals surface area contributed by atoms with E-state index in [1.165, 1.54) is 44.8 Å². The SMILES string of the molecule is Cc1cn2c(=O)n(c1=O)CCCCn1cc(c(=O)n(C)c1=O)Cc1cn(c(=O)n(C)c1=O)CCCC2. The first-order valence-electron chi connectivity index (χ1n) is 12.0. The molecule has 4 heterocycles. The molecule has 4 rings (SSSR count). The van der Waals surface area contributed by atoms with E-state index in [0.717, 1.165) is 9.13 Å². The fraction of sp³-hybridized carbons (Fsp3) is 0.500. The van der Waals surface area contributed by atoms with Crippen molar-refractivity contribution in [1.82, 2.24) is 27.4 Å². The Morgan fingerprint density at radius 1 is 0.556 bits per heavy atom. The third-order valence-corrected chi connectivity index (χ3v) is 6.72. The minimum absolute atomic E-state index is 0.0193. The summed E-state index contributed by atoms with van der Waals surface area (Å²) in [6.45, 7) is 2.83. The zero-order chi connectivity index (χ0) is 26.1. The average Bonchev–Trinajstić information content (AvgIpc) is 2.85. The summed E-state index contributed by atoms with van der Waals surface area (Å²) in [6, 6.07) is 0. The van der Waals surface area contributed by atoms with E-state index in [0.29, 0.717) is 44.3 Å². The molecule has 0 amide bonds. The average molecular weight is 499 g/mol. The van der Waals surface area contributed by atoms with Gasteiger partial charge in [-0.05, 0) is 32.6 Å². The molecule has 0 saturated carbocycles. The second-order valence-corrected chi connectivity index (χ2v) is 9.32. The molecule has 0 spiro atoms. The van der Waals surface area contributed by atoms with Gasteiger partial charge in [0.25, 0.3) is 16.7 Å². The summed E-state index contributed by atoms with van der Waals surface area (Å²) in [6.07, 6.45) is 6.56. The van der Waals surface area contributed by atoms with Crippen LogP contribution in [-0.4, -0.2) is 27.4 Å². The molecule has 0 N–H and O–H groups in total. The van der Waals surface area contributed by atoms with Crippen molar-refractivity contribution >= 4 is 0 Å². The maximum absolute atomic E-state index is 12.9. The van der Waals surface area contributed by atoms with Gasteiger partial charge in [0.1, 0.15) is 0 Å². The summed E-state index contributed by atoms with van der Waals surface area (Å²) in [5.74, 6) is 0. The van der Waals surface area contributed by atoms with E-state index in [4.69, 9.17) is 0 Å². The number of hydrogen-bond donors (Lipinski definition) is 0. The van der Waals surface area contributed by atoms with Crippen LogP contribution < -0.4 is 33.7 Å². The Morgan fingerprint density at radius 2 is 0.972 bits per heavy atom. The van der Waals surface area contributed by atoms with Gasteiger partial charge in [-0.25, -0.2) is 14.4 Å². The predicted molar refractivity (Wildman–Crippen MR) is 133 cm³/mol. The highest BCUT2D eigenvalue weighted by atomic mass is 16.2. The lowest BCUT2D eigenvalue weighted by Crippen LogP contribution is -2.42. The van der Waals surface area contributed by atoms with E-state index in [-0.39, 0.29) is 36.2 Å². The van der Waals surface area contributed by atoms with Crippen LogP contribution in [0.25, 0.3) is 0 Å². The molecule has 36 heavy (non-hydrogen) atoms. The minimum Gasteiger partial charge on any atom is -0.300 e. The van der Waals surface area contributed by atoms with Crippen molar-refractivity contribution in [3.63, 3.8) is 0 Å². The van der Waals surface area contributed by atoms with Gasteiger partial charge >= 0.3 is 17.1 Å². The number of nitrogens with zero attached hydrogens (tertiary/aromatic N) is 6. The van der Waals surface area contributed by atoms with E-state index >= 15 is 0 Å². The van der Waals surface area contributed by atoms with Crippen molar-refractivity contribution < 1.29 is 0 Å². The summed E-state index contributed by atoms with van der Waals surface area (Å²) in [5.41, 5.74) is -1.69. The molecule has 0 fully saturated rings. The lowest BCUT2D eigenvalue weighted by Gasteiger charge is -2.15. The molecule has 0 unspecified atom stereocenters. The number of rotatable bonds is 0. The summed E-state index contributed by atoms with van der Waals surface area (Å²) in [4.78, 5) is 76.5. The van der Waals surface area contributed by atoms with Crippen LogP contribution in [0.5, 0.6) is 0 Å².